The van der Waals surface area contributed by atoms with Gasteiger partial charge in [0.25, 0.3) is 5.91 Å². The third kappa shape index (κ3) is 5.87. The van der Waals surface area contributed by atoms with Crippen molar-refractivity contribution >= 4 is 17.7 Å². The quantitative estimate of drug-likeness (QED) is 0.328. The molecular weight excluding hydrogens is 392 g/mol. The van der Waals surface area contributed by atoms with E-state index >= 15 is 0 Å². The molecule has 0 saturated carbocycles. The van der Waals surface area contributed by atoms with E-state index in [-0.39, 0.29) is 11.3 Å². The lowest BCUT2D eigenvalue weighted by atomic mass is 10.1. The lowest BCUT2D eigenvalue weighted by Crippen LogP contribution is -2.13. The van der Waals surface area contributed by atoms with E-state index in [0.29, 0.717) is 29.4 Å². The van der Waals surface area contributed by atoms with Crippen LogP contribution in [0.4, 0.5) is 5.69 Å². The van der Waals surface area contributed by atoms with Gasteiger partial charge in [-0.2, -0.15) is 5.26 Å². The number of nitrogens with one attached hydrogen (secondary N) is 1. The lowest BCUT2D eigenvalue weighted by molar-refractivity contribution is -0.112. The Balaban J connectivity index is 1.74. The molecule has 1 amide bonds. The van der Waals surface area contributed by atoms with Crippen molar-refractivity contribution in [1.82, 2.24) is 0 Å². The topological polar surface area (TPSA) is 91.6 Å². The van der Waals surface area contributed by atoms with Gasteiger partial charge in [0.15, 0.2) is 11.5 Å². The number of rotatable bonds is 7. The maximum Gasteiger partial charge on any atom is 0.266 e. The number of carbonyl (C=O) groups excluding carboxylic acids is 1. The van der Waals surface area contributed by atoms with Gasteiger partial charge < -0.3 is 19.9 Å². The Kier molecular flexibility index (Phi) is 6.92. The zero-order valence-corrected chi connectivity index (χ0v) is 17.3. The summed E-state index contributed by atoms with van der Waals surface area (Å²) in [5.74, 6) is 0.601. The number of nitriles is 1. The largest absolute Gasteiger partial charge is 0.508 e. The van der Waals surface area contributed by atoms with Crippen molar-refractivity contribution in [1.29, 1.82) is 5.26 Å². The molecule has 0 spiro atoms. The van der Waals surface area contributed by atoms with Crippen LogP contribution in [0.15, 0.2) is 72.3 Å². The highest BCUT2D eigenvalue weighted by Gasteiger charge is 2.11. The Morgan fingerprint density at radius 1 is 1.10 bits per heavy atom. The summed E-state index contributed by atoms with van der Waals surface area (Å²) in [5, 5.41) is 21.4. The minimum atomic E-state index is -0.549. The first-order chi connectivity index (χ1) is 15.0. The molecule has 0 aliphatic rings. The van der Waals surface area contributed by atoms with Crippen molar-refractivity contribution in [2.45, 2.75) is 13.5 Å². The van der Waals surface area contributed by atoms with Gasteiger partial charge in [0.2, 0.25) is 0 Å². The number of aryl methyl sites for hydroxylation is 1. The van der Waals surface area contributed by atoms with Crippen LogP contribution < -0.4 is 14.8 Å². The van der Waals surface area contributed by atoms with Crippen LogP contribution in [-0.2, 0) is 11.4 Å². The highest BCUT2D eigenvalue weighted by molar-refractivity contribution is 6.09. The predicted octanol–water partition coefficient (Wildman–Crippen LogP) is 4.83. The number of methoxy groups -OCH3 is 1. The van der Waals surface area contributed by atoms with Crippen LogP contribution in [0.5, 0.6) is 17.2 Å². The number of aromatic hydroxyl groups is 1. The van der Waals surface area contributed by atoms with E-state index in [9.17, 15) is 15.2 Å². The summed E-state index contributed by atoms with van der Waals surface area (Å²) in [7, 11) is 1.53. The SMILES string of the molecule is COc1cc(/C=C(\C#N)C(=O)Nc2ccc(O)cc2)ccc1OCc1cccc(C)c1. The number of ether oxygens (including phenoxy) is 2. The molecule has 0 bridgehead atoms. The molecule has 3 aromatic carbocycles. The average molecular weight is 414 g/mol. The van der Waals surface area contributed by atoms with Crippen molar-refractivity contribution < 1.29 is 19.4 Å². The van der Waals surface area contributed by atoms with Gasteiger partial charge in [-0.25, -0.2) is 0 Å². The Hall–Kier alpha value is -4.24. The molecule has 156 valence electrons. The summed E-state index contributed by atoms with van der Waals surface area (Å²) >= 11 is 0. The van der Waals surface area contributed by atoms with Crippen LogP contribution in [0.1, 0.15) is 16.7 Å². The number of hydrogen-bond acceptors (Lipinski definition) is 5. The number of benzene rings is 3. The number of phenols is 1. The zero-order valence-electron chi connectivity index (χ0n) is 17.3. The average Bonchev–Trinajstić information content (AvgIpc) is 2.77. The van der Waals surface area contributed by atoms with Crippen LogP contribution in [0.2, 0.25) is 0 Å². The van der Waals surface area contributed by atoms with Gasteiger partial charge in [0.05, 0.1) is 7.11 Å². The van der Waals surface area contributed by atoms with E-state index in [0.717, 1.165) is 11.1 Å². The molecule has 0 fully saturated rings. The lowest BCUT2D eigenvalue weighted by Gasteiger charge is -2.12. The molecule has 0 atom stereocenters. The van der Waals surface area contributed by atoms with Gasteiger partial charge in [0, 0.05) is 5.69 Å². The monoisotopic (exact) mass is 414 g/mol. The third-order valence-corrected chi connectivity index (χ3v) is 4.47. The Labute approximate surface area is 181 Å². The summed E-state index contributed by atoms with van der Waals surface area (Å²) in [5.41, 5.74) is 3.23. The highest BCUT2D eigenvalue weighted by Crippen LogP contribution is 2.30. The minimum Gasteiger partial charge on any atom is -0.508 e. The molecule has 6 nitrogen and oxygen atoms in total. The first-order valence-corrected chi connectivity index (χ1v) is 9.57. The van der Waals surface area contributed by atoms with E-state index in [4.69, 9.17) is 9.47 Å². The minimum absolute atomic E-state index is 0.0662. The molecule has 0 aliphatic heterocycles. The first kappa shape index (κ1) is 21.5. The maximum atomic E-state index is 12.4. The molecule has 0 aromatic heterocycles. The molecule has 31 heavy (non-hydrogen) atoms. The fourth-order valence-corrected chi connectivity index (χ4v) is 2.91. The summed E-state index contributed by atoms with van der Waals surface area (Å²) in [6, 6.07) is 21.1. The van der Waals surface area contributed by atoms with Gasteiger partial charge >= 0.3 is 0 Å². The Bertz CT molecular complexity index is 1140. The standard InChI is InChI=1S/C25H22N2O4/c1-17-4-3-5-19(12-17)16-31-23-11-6-18(14-24(23)30-2)13-20(15-26)25(29)27-21-7-9-22(28)10-8-21/h3-14,28H,16H2,1-2H3,(H,27,29)/b20-13+. The molecule has 0 radical (unpaired) electrons. The van der Waals surface area contributed by atoms with Gasteiger partial charge in [-0.15, -0.1) is 0 Å². The van der Waals surface area contributed by atoms with E-state index in [2.05, 4.69) is 11.4 Å². The number of hydrogen-bond donors (Lipinski definition) is 2. The van der Waals surface area contributed by atoms with Crippen molar-refractivity contribution in [2.75, 3.05) is 12.4 Å². The van der Waals surface area contributed by atoms with Gasteiger partial charge in [-0.05, 0) is 60.5 Å². The second-order valence-corrected chi connectivity index (χ2v) is 6.86. The van der Waals surface area contributed by atoms with Gasteiger partial charge in [-0.3, -0.25) is 4.79 Å². The van der Waals surface area contributed by atoms with Gasteiger partial charge in [0.1, 0.15) is 24.0 Å². The van der Waals surface area contributed by atoms with Crippen LogP contribution >= 0.6 is 0 Å². The molecule has 0 unspecified atom stereocenters. The van der Waals surface area contributed by atoms with Crippen LogP contribution in [0.3, 0.4) is 0 Å². The van der Waals surface area contributed by atoms with Crippen molar-refractivity contribution in [3.63, 3.8) is 0 Å². The number of carbonyl (C=O) groups is 1. The maximum absolute atomic E-state index is 12.4. The zero-order chi connectivity index (χ0) is 22.2. The molecule has 0 heterocycles. The van der Waals surface area contributed by atoms with Crippen molar-refractivity contribution in [3.8, 4) is 23.3 Å². The highest BCUT2D eigenvalue weighted by atomic mass is 16.5. The van der Waals surface area contributed by atoms with E-state index in [1.807, 2.05) is 31.2 Å². The van der Waals surface area contributed by atoms with Crippen molar-refractivity contribution in [2.24, 2.45) is 0 Å². The molecule has 6 heteroatoms. The molecule has 0 aliphatic carbocycles. The summed E-state index contributed by atoms with van der Waals surface area (Å²) < 4.78 is 11.3. The fraction of sp³-hybridized carbons (Fsp3) is 0.120. The number of nitrogens with zero attached hydrogens (tertiary/aromatic N) is 1. The fourth-order valence-electron chi connectivity index (χ4n) is 2.91. The Morgan fingerprint density at radius 3 is 2.55 bits per heavy atom. The predicted molar refractivity (Wildman–Crippen MR) is 119 cm³/mol. The van der Waals surface area contributed by atoms with Crippen LogP contribution in [-0.4, -0.2) is 18.1 Å². The molecule has 0 saturated heterocycles. The molecule has 3 aromatic rings. The van der Waals surface area contributed by atoms with E-state index in [1.165, 1.54) is 25.3 Å². The number of phenolic OH excluding ortho intramolecular Hbond substituents is 1. The molecule has 2 N–H and O–H groups in total. The first-order valence-electron chi connectivity index (χ1n) is 9.57. The number of anilines is 1. The second-order valence-electron chi connectivity index (χ2n) is 6.86. The molecule has 3 rings (SSSR count). The summed E-state index contributed by atoms with van der Waals surface area (Å²) in [6.07, 6.45) is 1.47. The number of amides is 1. The summed E-state index contributed by atoms with van der Waals surface area (Å²) in [4.78, 5) is 12.4. The smallest absolute Gasteiger partial charge is 0.266 e. The molecular formula is C25H22N2O4. The second kappa shape index (κ2) is 9.99. The van der Waals surface area contributed by atoms with Crippen molar-refractivity contribution in [3.05, 3.63) is 89.0 Å². The summed E-state index contributed by atoms with van der Waals surface area (Å²) in [6.45, 7) is 2.42. The van der Waals surface area contributed by atoms with E-state index in [1.54, 1.807) is 30.3 Å². The van der Waals surface area contributed by atoms with Crippen LogP contribution in [0, 0.1) is 18.3 Å². The van der Waals surface area contributed by atoms with Crippen LogP contribution in [0.25, 0.3) is 6.08 Å². The van der Waals surface area contributed by atoms with E-state index < -0.39 is 5.91 Å². The third-order valence-electron chi connectivity index (χ3n) is 4.47. The normalized spacial score (nSPS) is 10.8. The van der Waals surface area contributed by atoms with Gasteiger partial charge in [-0.1, -0.05) is 35.9 Å². The Morgan fingerprint density at radius 2 is 1.87 bits per heavy atom.